The standard InChI is InChI=1S/C15H20N2/c1-3-11-17(4-2)12-15-14-8-6-5-7-13(14)9-10-16-15/h1,5-8,15-16H,4,9-12H2,2H3. The number of benzene rings is 1. The highest BCUT2D eigenvalue weighted by atomic mass is 15.1. The zero-order valence-electron chi connectivity index (χ0n) is 10.4. The van der Waals surface area contributed by atoms with Crippen LogP contribution in [-0.2, 0) is 6.42 Å². The topological polar surface area (TPSA) is 15.3 Å². The van der Waals surface area contributed by atoms with Gasteiger partial charge in [0, 0.05) is 12.6 Å². The van der Waals surface area contributed by atoms with Crippen LogP contribution in [0.2, 0.25) is 0 Å². The monoisotopic (exact) mass is 228 g/mol. The van der Waals surface area contributed by atoms with Gasteiger partial charge in [0.1, 0.15) is 0 Å². The van der Waals surface area contributed by atoms with E-state index in [-0.39, 0.29) is 0 Å². The van der Waals surface area contributed by atoms with Crippen LogP contribution in [0.1, 0.15) is 24.1 Å². The predicted octanol–water partition coefficient (Wildman–Crippen LogP) is 1.83. The minimum absolute atomic E-state index is 0.424. The third-order valence-electron chi connectivity index (χ3n) is 3.42. The largest absolute Gasteiger partial charge is 0.309 e. The molecule has 90 valence electrons. The van der Waals surface area contributed by atoms with Crippen molar-refractivity contribution in [1.29, 1.82) is 0 Å². The summed E-state index contributed by atoms with van der Waals surface area (Å²) in [6.07, 6.45) is 6.53. The van der Waals surface area contributed by atoms with Crippen LogP contribution in [0.4, 0.5) is 0 Å². The van der Waals surface area contributed by atoms with Crippen LogP contribution in [-0.4, -0.2) is 31.1 Å². The Morgan fingerprint density at radius 1 is 1.47 bits per heavy atom. The third kappa shape index (κ3) is 2.88. The molecule has 2 nitrogen and oxygen atoms in total. The smallest absolute Gasteiger partial charge is 0.0599 e. The van der Waals surface area contributed by atoms with Gasteiger partial charge in [-0.1, -0.05) is 37.1 Å². The molecule has 2 heteroatoms. The van der Waals surface area contributed by atoms with E-state index in [4.69, 9.17) is 6.42 Å². The molecule has 1 atom stereocenters. The highest BCUT2D eigenvalue weighted by Crippen LogP contribution is 2.23. The second kappa shape index (κ2) is 5.86. The molecule has 2 rings (SSSR count). The molecule has 1 aliphatic rings. The lowest BCUT2D eigenvalue weighted by atomic mass is 9.94. The minimum atomic E-state index is 0.424. The lowest BCUT2D eigenvalue weighted by Gasteiger charge is -2.31. The van der Waals surface area contributed by atoms with Gasteiger partial charge in [-0.05, 0) is 30.6 Å². The van der Waals surface area contributed by atoms with Crippen molar-refractivity contribution in [2.45, 2.75) is 19.4 Å². The average molecular weight is 228 g/mol. The molecule has 0 saturated heterocycles. The van der Waals surface area contributed by atoms with Crippen LogP contribution in [0.5, 0.6) is 0 Å². The Morgan fingerprint density at radius 2 is 2.29 bits per heavy atom. The number of terminal acetylenes is 1. The summed E-state index contributed by atoms with van der Waals surface area (Å²) in [5.74, 6) is 2.73. The molecule has 0 fully saturated rings. The Balaban J connectivity index is 2.10. The maximum Gasteiger partial charge on any atom is 0.0599 e. The van der Waals surface area contributed by atoms with Crippen LogP contribution in [0.3, 0.4) is 0 Å². The van der Waals surface area contributed by atoms with Gasteiger partial charge < -0.3 is 5.32 Å². The quantitative estimate of drug-likeness (QED) is 0.791. The van der Waals surface area contributed by atoms with Crippen molar-refractivity contribution in [1.82, 2.24) is 10.2 Å². The number of hydrogen-bond acceptors (Lipinski definition) is 2. The molecule has 1 heterocycles. The van der Waals surface area contributed by atoms with E-state index < -0.39 is 0 Å². The number of nitrogens with one attached hydrogen (secondary N) is 1. The van der Waals surface area contributed by atoms with Gasteiger partial charge in [0.25, 0.3) is 0 Å². The lowest BCUT2D eigenvalue weighted by Crippen LogP contribution is -2.39. The Bertz CT molecular complexity index is 406. The Labute approximate surface area is 104 Å². The highest BCUT2D eigenvalue weighted by molar-refractivity contribution is 5.32. The van der Waals surface area contributed by atoms with Crippen molar-refractivity contribution in [3.8, 4) is 12.3 Å². The van der Waals surface area contributed by atoms with Gasteiger partial charge in [0.05, 0.1) is 6.54 Å². The number of fused-ring (bicyclic) bond motifs is 1. The van der Waals surface area contributed by atoms with Crippen molar-refractivity contribution in [3.63, 3.8) is 0 Å². The summed E-state index contributed by atoms with van der Waals surface area (Å²) in [5.41, 5.74) is 2.92. The molecule has 1 unspecified atom stereocenters. The molecule has 0 aliphatic carbocycles. The first kappa shape index (κ1) is 12.2. The van der Waals surface area contributed by atoms with Crippen LogP contribution in [0.25, 0.3) is 0 Å². The van der Waals surface area contributed by atoms with Crippen LogP contribution in [0, 0.1) is 12.3 Å². The predicted molar refractivity (Wildman–Crippen MR) is 71.8 cm³/mol. The van der Waals surface area contributed by atoms with Gasteiger partial charge in [-0.25, -0.2) is 0 Å². The maximum atomic E-state index is 5.39. The Morgan fingerprint density at radius 3 is 3.06 bits per heavy atom. The van der Waals surface area contributed by atoms with E-state index in [1.54, 1.807) is 0 Å². The van der Waals surface area contributed by atoms with Crippen molar-refractivity contribution >= 4 is 0 Å². The zero-order valence-corrected chi connectivity index (χ0v) is 10.4. The molecule has 0 spiro atoms. The summed E-state index contributed by atoms with van der Waals surface area (Å²) in [4.78, 5) is 2.31. The van der Waals surface area contributed by atoms with E-state index in [0.717, 1.165) is 32.6 Å². The molecule has 0 radical (unpaired) electrons. The van der Waals surface area contributed by atoms with Gasteiger partial charge in [0.2, 0.25) is 0 Å². The van der Waals surface area contributed by atoms with Crippen LogP contribution in [0.15, 0.2) is 24.3 Å². The van der Waals surface area contributed by atoms with E-state index in [9.17, 15) is 0 Å². The van der Waals surface area contributed by atoms with Gasteiger partial charge in [-0.2, -0.15) is 0 Å². The molecular formula is C15H20N2. The van der Waals surface area contributed by atoms with Gasteiger partial charge in [0.15, 0.2) is 0 Å². The zero-order chi connectivity index (χ0) is 12.1. The van der Waals surface area contributed by atoms with E-state index in [1.165, 1.54) is 11.1 Å². The van der Waals surface area contributed by atoms with Crippen LogP contribution >= 0.6 is 0 Å². The minimum Gasteiger partial charge on any atom is -0.309 e. The molecule has 0 saturated carbocycles. The summed E-state index contributed by atoms with van der Waals surface area (Å²) in [6.45, 7) is 5.96. The van der Waals surface area contributed by atoms with Crippen LogP contribution < -0.4 is 5.32 Å². The average Bonchev–Trinajstić information content (AvgIpc) is 2.38. The number of nitrogens with zero attached hydrogens (tertiary/aromatic N) is 1. The number of rotatable bonds is 4. The van der Waals surface area contributed by atoms with E-state index >= 15 is 0 Å². The molecule has 17 heavy (non-hydrogen) atoms. The van der Waals surface area contributed by atoms with Crippen molar-refractivity contribution in [2.24, 2.45) is 0 Å². The summed E-state index contributed by atoms with van der Waals surface area (Å²) in [5, 5.41) is 3.59. The summed E-state index contributed by atoms with van der Waals surface area (Å²) in [6, 6.07) is 9.14. The van der Waals surface area contributed by atoms with E-state index in [0.29, 0.717) is 6.04 Å². The highest BCUT2D eigenvalue weighted by Gasteiger charge is 2.20. The Kier molecular flexibility index (Phi) is 4.19. The fourth-order valence-electron chi connectivity index (χ4n) is 2.45. The first-order valence-corrected chi connectivity index (χ1v) is 6.32. The normalized spacial score (nSPS) is 18.8. The second-order valence-electron chi connectivity index (χ2n) is 4.49. The molecular weight excluding hydrogens is 208 g/mol. The Hall–Kier alpha value is -1.30. The van der Waals surface area contributed by atoms with E-state index in [2.05, 4.69) is 47.3 Å². The number of hydrogen-bond donors (Lipinski definition) is 1. The van der Waals surface area contributed by atoms with Crippen molar-refractivity contribution < 1.29 is 0 Å². The fraction of sp³-hybridized carbons (Fsp3) is 0.467. The fourth-order valence-corrected chi connectivity index (χ4v) is 2.45. The number of likely N-dealkylation sites (N-methyl/N-ethyl adjacent to an activating group) is 1. The maximum absolute atomic E-state index is 5.39. The molecule has 0 bridgehead atoms. The van der Waals surface area contributed by atoms with Gasteiger partial charge >= 0.3 is 0 Å². The third-order valence-corrected chi connectivity index (χ3v) is 3.42. The summed E-state index contributed by atoms with van der Waals surface area (Å²) in [7, 11) is 0. The van der Waals surface area contributed by atoms with Crippen molar-refractivity contribution in [3.05, 3.63) is 35.4 Å². The lowest BCUT2D eigenvalue weighted by molar-refractivity contribution is 0.276. The first-order chi connectivity index (χ1) is 8.35. The molecule has 0 amide bonds. The van der Waals surface area contributed by atoms with E-state index in [1.807, 2.05) is 0 Å². The summed E-state index contributed by atoms with van der Waals surface area (Å²) < 4.78 is 0. The molecule has 1 aliphatic heterocycles. The molecule has 1 aromatic rings. The first-order valence-electron chi connectivity index (χ1n) is 6.32. The summed E-state index contributed by atoms with van der Waals surface area (Å²) >= 11 is 0. The van der Waals surface area contributed by atoms with Gasteiger partial charge in [-0.3, -0.25) is 4.90 Å². The molecule has 1 N–H and O–H groups in total. The molecule has 0 aromatic heterocycles. The molecule has 1 aromatic carbocycles. The SMILES string of the molecule is C#CCN(CC)CC1NCCc2ccccc21. The van der Waals surface area contributed by atoms with Gasteiger partial charge in [-0.15, -0.1) is 6.42 Å². The second-order valence-corrected chi connectivity index (χ2v) is 4.49. The van der Waals surface area contributed by atoms with Crippen molar-refractivity contribution in [2.75, 3.05) is 26.2 Å².